The lowest BCUT2D eigenvalue weighted by molar-refractivity contribution is 0.888. The molecule has 1 nitrogen and oxygen atoms in total. The highest BCUT2D eigenvalue weighted by atomic mass is 79.9. The zero-order chi connectivity index (χ0) is 9.26. The number of rotatable bonds is 3. The SMILES string of the molecule is Brc1ccc(NCC2CC2)c(Br)c1. The van der Waals surface area contributed by atoms with Gasteiger partial charge in [0.1, 0.15) is 0 Å². The molecule has 1 fully saturated rings. The highest BCUT2D eigenvalue weighted by molar-refractivity contribution is 9.11. The monoisotopic (exact) mass is 303 g/mol. The largest absolute Gasteiger partial charge is 0.384 e. The zero-order valence-corrected chi connectivity index (χ0v) is 10.4. The van der Waals surface area contributed by atoms with Crippen LogP contribution in [0.5, 0.6) is 0 Å². The highest BCUT2D eigenvalue weighted by Crippen LogP contribution is 2.31. The van der Waals surface area contributed by atoms with Crippen molar-refractivity contribution in [2.45, 2.75) is 12.8 Å². The van der Waals surface area contributed by atoms with Crippen LogP contribution in [0, 0.1) is 5.92 Å². The molecule has 0 atom stereocenters. The predicted octanol–water partition coefficient (Wildman–Crippen LogP) is 4.03. The molecule has 0 aliphatic heterocycles. The minimum atomic E-state index is 0.913. The van der Waals surface area contributed by atoms with Gasteiger partial charge in [0.05, 0.1) is 0 Å². The fourth-order valence-electron chi connectivity index (χ4n) is 1.21. The molecule has 1 aromatic carbocycles. The highest BCUT2D eigenvalue weighted by Gasteiger charge is 2.20. The third kappa shape index (κ3) is 2.71. The molecule has 0 unspecified atom stereocenters. The van der Waals surface area contributed by atoms with E-state index in [1.165, 1.54) is 18.5 Å². The van der Waals surface area contributed by atoms with Crippen LogP contribution in [0.2, 0.25) is 0 Å². The number of nitrogens with one attached hydrogen (secondary N) is 1. The Balaban J connectivity index is 2.01. The maximum absolute atomic E-state index is 3.53. The van der Waals surface area contributed by atoms with Gasteiger partial charge in [-0.3, -0.25) is 0 Å². The fraction of sp³-hybridized carbons (Fsp3) is 0.400. The quantitative estimate of drug-likeness (QED) is 0.889. The Morgan fingerprint density at radius 2 is 2.08 bits per heavy atom. The van der Waals surface area contributed by atoms with E-state index in [4.69, 9.17) is 0 Å². The third-order valence-electron chi connectivity index (χ3n) is 2.21. The normalized spacial score (nSPS) is 15.8. The van der Waals surface area contributed by atoms with Crippen LogP contribution in [0.15, 0.2) is 27.1 Å². The molecule has 1 saturated carbocycles. The Kier molecular flexibility index (Phi) is 2.94. The summed E-state index contributed by atoms with van der Waals surface area (Å²) < 4.78 is 2.24. The Bertz CT molecular complexity index is 308. The van der Waals surface area contributed by atoms with Gasteiger partial charge in [-0.15, -0.1) is 0 Å². The van der Waals surface area contributed by atoms with E-state index in [0.29, 0.717) is 0 Å². The Morgan fingerprint density at radius 1 is 1.31 bits per heavy atom. The maximum atomic E-state index is 3.53. The first-order valence-electron chi connectivity index (χ1n) is 4.44. The average Bonchev–Trinajstić information content (AvgIpc) is 2.86. The van der Waals surface area contributed by atoms with Crippen LogP contribution in [0.4, 0.5) is 5.69 Å². The summed E-state index contributed by atoms with van der Waals surface area (Å²) in [5, 5.41) is 3.43. The van der Waals surface area contributed by atoms with E-state index < -0.39 is 0 Å². The molecule has 13 heavy (non-hydrogen) atoms. The van der Waals surface area contributed by atoms with Crippen LogP contribution in [-0.2, 0) is 0 Å². The van der Waals surface area contributed by atoms with Crippen LogP contribution >= 0.6 is 31.9 Å². The second-order valence-corrected chi connectivity index (χ2v) is 5.22. The first-order valence-corrected chi connectivity index (χ1v) is 6.03. The van der Waals surface area contributed by atoms with Gasteiger partial charge >= 0.3 is 0 Å². The molecule has 0 heterocycles. The molecule has 1 N–H and O–H groups in total. The molecule has 0 radical (unpaired) electrons. The molecule has 0 amide bonds. The number of hydrogen-bond acceptors (Lipinski definition) is 1. The lowest BCUT2D eigenvalue weighted by Gasteiger charge is -2.07. The third-order valence-corrected chi connectivity index (χ3v) is 3.36. The van der Waals surface area contributed by atoms with E-state index >= 15 is 0 Å². The molecule has 0 bridgehead atoms. The van der Waals surface area contributed by atoms with Crippen LogP contribution in [-0.4, -0.2) is 6.54 Å². The van der Waals surface area contributed by atoms with Crippen LogP contribution in [0.3, 0.4) is 0 Å². The molecule has 0 spiro atoms. The number of benzene rings is 1. The van der Waals surface area contributed by atoms with E-state index in [2.05, 4.69) is 55.4 Å². The van der Waals surface area contributed by atoms with Crippen LogP contribution < -0.4 is 5.32 Å². The maximum Gasteiger partial charge on any atom is 0.0485 e. The lowest BCUT2D eigenvalue weighted by Crippen LogP contribution is -2.03. The summed E-state index contributed by atoms with van der Waals surface area (Å²) in [5.74, 6) is 0.913. The van der Waals surface area contributed by atoms with E-state index in [1.54, 1.807) is 0 Å². The smallest absolute Gasteiger partial charge is 0.0485 e. The van der Waals surface area contributed by atoms with Crippen molar-refractivity contribution in [2.24, 2.45) is 5.92 Å². The number of halogens is 2. The van der Waals surface area contributed by atoms with Crippen molar-refractivity contribution < 1.29 is 0 Å². The molecule has 3 heteroatoms. The molecular formula is C10H11Br2N. The van der Waals surface area contributed by atoms with Gasteiger partial charge in [0.15, 0.2) is 0 Å². The molecule has 1 aliphatic rings. The zero-order valence-electron chi connectivity index (χ0n) is 7.19. The number of hydrogen-bond donors (Lipinski definition) is 1. The van der Waals surface area contributed by atoms with Crippen molar-refractivity contribution in [3.63, 3.8) is 0 Å². The Labute approximate surface area is 95.2 Å². The van der Waals surface area contributed by atoms with Gasteiger partial charge in [0.25, 0.3) is 0 Å². The summed E-state index contributed by atoms with van der Waals surface area (Å²) in [5.41, 5.74) is 1.19. The van der Waals surface area contributed by atoms with Gasteiger partial charge in [0, 0.05) is 21.2 Å². The van der Waals surface area contributed by atoms with E-state index in [0.717, 1.165) is 21.4 Å². The first-order chi connectivity index (χ1) is 6.25. The molecule has 1 aromatic rings. The van der Waals surface area contributed by atoms with Crippen molar-refractivity contribution in [1.82, 2.24) is 0 Å². The molecule has 0 aromatic heterocycles. The summed E-state index contributed by atoms with van der Waals surface area (Å²) in [6.07, 6.45) is 2.78. The first kappa shape index (κ1) is 9.53. The van der Waals surface area contributed by atoms with Crippen molar-refractivity contribution in [2.75, 3.05) is 11.9 Å². The van der Waals surface area contributed by atoms with Crippen molar-refractivity contribution in [3.05, 3.63) is 27.1 Å². The summed E-state index contributed by atoms with van der Waals surface area (Å²) >= 11 is 6.96. The predicted molar refractivity (Wildman–Crippen MR) is 63.1 cm³/mol. The van der Waals surface area contributed by atoms with Gasteiger partial charge in [0.2, 0.25) is 0 Å². The minimum absolute atomic E-state index is 0.913. The number of anilines is 1. The van der Waals surface area contributed by atoms with E-state index in [-0.39, 0.29) is 0 Å². The van der Waals surface area contributed by atoms with Gasteiger partial charge < -0.3 is 5.32 Å². The molecule has 1 aliphatic carbocycles. The summed E-state index contributed by atoms with van der Waals surface area (Å²) in [4.78, 5) is 0. The lowest BCUT2D eigenvalue weighted by atomic mass is 10.3. The summed E-state index contributed by atoms with van der Waals surface area (Å²) in [6.45, 7) is 1.11. The molecular weight excluding hydrogens is 294 g/mol. The Hall–Kier alpha value is -0.0200. The minimum Gasteiger partial charge on any atom is -0.384 e. The van der Waals surface area contributed by atoms with Gasteiger partial charge in [-0.1, -0.05) is 15.9 Å². The topological polar surface area (TPSA) is 12.0 Å². The molecule has 2 rings (SSSR count). The van der Waals surface area contributed by atoms with Crippen molar-refractivity contribution in [1.29, 1.82) is 0 Å². The van der Waals surface area contributed by atoms with Crippen molar-refractivity contribution >= 4 is 37.5 Å². The van der Waals surface area contributed by atoms with Crippen molar-refractivity contribution in [3.8, 4) is 0 Å². The second kappa shape index (κ2) is 4.01. The average molecular weight is 305 g/mol. The second-order valence-electron chi connectivity index (χ2n) is 3.45. The van der Waals surface area contributed by atoms with Crippen LogP contribution in [0.25, 0.3) is 0 Å². The van der Waals surface area contributed by atoms with E-state index in [1.807, 2.05) is 0 Å². The Morgan fingerprint density at radius 3 is 2.69 bits per heavy atom. The molecule has 70 valence electrons. The van der Waals surface area contributed by atoms with Gasteiger partial charge in [-0.2, -0.15) is 0 Å². The fourth-order valence-corrected chi connectivity index (χ4v) is 2.40. The standard InChI is InChI=1S/C10H11Br2N/c11-8-3-4-10(9(12)5-8)13-6-7-1-2-7/h3-5,7,13H,1-2,6H2. The summed E-state index contributed by atoms with van der Waals surface area (Å²) in [7, 11) is 0. The molecule has 0 saturated heterocycles. The van der Waals surface area contributed by atoms with Gasteiger partial charge in [-0.05, 0) is 52.9 Å². The van der Waals surface area contributed by atoms with E-state index in [9.17, 15) is 0 Å². The summed E-state index contributed by atoms with van der Waals surface area (Å²) in [6, 6.07) is 6.21. The van der Waals surface area contributed by atoms with Crippen LogP contribution in [0.1, 0.15) is 12.8 Å². The van der Waals surface area contributed by atoms with Gasteiger partial charge in [-0.25, -0.2) is 0 Å².